The van der Waals surface area contributed by atoms with Crippen molar-refractivity contribution in [3.63, 3.8) is 0 Å². The molecule has 0 saturated carbocycles. The van der Waals surface area contributed by atoms with Crippen molar-refractivity contribution in [3.05, 3.63) is 47.7 Å². The van der Waals surface area contributed by atoms with E-state index in [0.717, 1.165) is 30.9 Å². The molecule has 1 fully saturated rings. The van der Waals surface area contributed by atoms with E-state index < -0.39 is 0 Å². The normalized spacial score (nSPS) is 20.2. The minimum absolute atomic E-state index is 0.0348. The summed E-state index contributed by atoms with van der Waals surface area (Å²) in [6.45, 7) is 7.93. The summed E-state index contributed by atoms with van der Waals surface area (Å²) in [4.78, 5) is 12.8. The van der Waals surface area contributed by atoms with E-state index in [1.165, 1.54) is 5.56 Å². The number of amides is 1. The molecule has 5 nitrogen and oxygen atoms in total. The van der Waals surface area contributed by atoms with E-state index in [2.05, 4.69) is 43.5 Å². The smallest absolute Gasteiger partial charge is 0.230 e. The lowest BCUT2D eigenvalue weighted by Gasteiger charge is -2.17. The number of anilines is 1. The highest BCUT2D eigenvalue weighted by Crippen LogP contribution is 2.23. The Morgan fingerprint density at radius 2 is 2.12 bits per heavy atom. The fourth-order valence-corrected chi connectivity index (χ4v) is 3.43. The summed E-state index contributed by atoms with van der Waals surface area (Å²) in [7, 11) is 0. The van der Waals surface area contributed by atoms with Crippen LogP contribution in [0.2, 0.25) is 0 Å². The third kappa shape index (κ3) is 4.10. The molecule has 1 saturated heterocycles. The van der Waals surface area contributed by atoms with Crippen LogP contribution in [0.5, 0.6) is 0 Å². The monoisotopic (exact) mass is 340 g/mol. The Balaban J connectivity index is 1.80. The molecule has 0 aliphatic carbocycles. The van der Waals surface area contributed by atoms with Crippen molar-refractivity contribution in [2.45, 2.75) is 52.1 Å². The summed E-state index contributed by atoms with van der Waals surface area (Å²) < 4.78 is 1.91. The summed E-state index contributed by atoms with van der Waals surface area (Å²) >= 11 is 0. The van der Waals surface area contributed by atoms with Crippen LogP contribution in [0.15, 0.2) is 36.4 Å². The summed E-state index contributed by atoms with van der Waals surface area (Å²) in [5, 5.41) is 11.3. The zero-order valence-corrected chi connectivity index (χ0v) is 15.3. The second-order valence-electron chi connectivity index (χ2n) is 7.11. The van der Waals surface area contributed by atoms with Crippen LogP contribution in [0.25, 0.3) is 0 Å². The van der Waals surface area contributed by atoms with Gasteiger partial charge in [0.25, 0.3) is 0 Å². The number of rotatable bonds is 6. The van der Waals surface area contributed by atoms with Crippen LogP contribution in [0, 0.1) is 5.92 Å². The van der Waals surface area contributed by atoms with Gasteiger partial charge in [-0.2, -0.15) is 5.10 Å². The lowest BCUT2D eigenvalue weighted by molar-refractivity contribution is -0.120. The van der Waals surface area contributed by atoms with Gasteiger partial charge in [0.2, 0.25) is 5.91 Å². The third-order valence-electron chi connectivity index (χ3n) is 4.94. The maximum absolute atomic E-state index is 12.8. The zero-order chi connectivity index (χ0) is 17.8. The number of benzene rings is 1. The number of hydrogen-bond donors (Lipinski definition) is 2. The summed E-state index contributed by atoms with van der Waals surface area (Å²) in [5.41, 5.74) is 2.17. The Bertz CT molecular complexity index is 708. The molecule has 1 aliphatic rings. The van der Waals surface area contributed by atoms with E-state index >= 15 is 0 Å². The van der Waals surface area contributed by atoms with Gasteiger partial charge >= 0.3 is 0 Å². The largest absolute Gasteiger partial charge is 0.313 e. The first-order valence-electron chi connectivity index (χ1n) is 9.24. The van der Waals surface area contributed by atoms with Crippen LogP contribution < -0.4 is 10.6 Å². The highest BCUT2D eigenvalue weighted by Gasteiger charge is 2.32. The maximum atomic E-state index is 12.8. The Morgan fingerprint density at radius 3 is 2.80 bits per heavy atom. The molecule has 2 N–H and O–H groups in total. The molecule has 2 atom stereocenters. The molecular weight excluding hydrogens is 312 g/mol. The van der Waals surface area contributed by atoms with Crippen LogP contribution in [0.4, 0.5) is 5.82 Å². The van der Waals surface area contributed by atoms with Crippen molar-refractivity contribution < 1.29 is 4.79 Å². The van der Waals surface area contributed by atoms with Gasteiger partial charge in [0, 0.05) is 12.1 Å². The second kappa shape index (κ2) is 7.83. The van der Waals surface area contributed by atoms with Gasteiger partial charge in [-0.3, -0.25) is 4.79 Å². The number of aromatic nitrogens is 2. The highest BCUT2D eigenvalue weighted by atomic mass is 16.2. The van der Waals surface area contributed by atoms with Crippen molar-refractivity contribution in [2.24, 2.45) is 5.92 Å². The van der Waals surface area contributed by atoms with Crippen LogP contribution in [0.3, 0.4) is 0 Å². The predicted octanol–water partition coefficient (Wildman–Crippen LogP) is 3.38. The van der Waals surface area contributed by atoms with Crippen LogP contribution in [-0.4, -0.2) is 28.3 Å². The maximum Gasteiger partial charge on any atom is 0.230 e. The first-order chi connectivity index (χ1) is 12.1. The average molecular weight is 340 g/mol. The van der Waals surface area contributed by atoms with E-state index in [1.807, 2.05) is 28.9 Å². The predicted molar refractivity (Wildman–Crippen MR) is 101 cm³/mol. The first-order valence-corrected chi connectivity index (χ1v) is 9.24. The van der Waals surface area contributed by atoms with E-state index in [1.54, 1.807) is 0 Å². The van der Waals surface area contributed by atoms with Crippen molar-refractivity contribution in [1.29, 1.82) is 0 Å². The number of nitrogens with one attached hydrogen (secondary N) is 2. The van der Waals surface area contributed by atoms with E-state index in [4.69, 9.17) is 5.10 Å². The molecule has 0 radical (unpaired) electrons. The SMILES string of the molecule is CCC1NCCC1C(=O)Nc1cc(C(C)C)nn1Cc1ccccc1. The van der Waals surface area contributed by atoms with Crippen molar-refractivity contribution in [3.8, 4) is 0 Å². The van der Waals surface area contributed by atoms with Gasteiger partial charge in [-0.1, -0.05) is 51.1 Å². The molecule has 1 aromatic carbocycles. The molecule has 2 unspecified atom stereocenters. The van der Waals surface area contributed by atoms with Crippen LogP contribution >= 0.6 is 0 Å². The summed E-state index contributed by atoms with van der Waals surface area (Å²) in [5.74, 6) is 1.25. The van der Waals surface area contributed by atoms with Crippen LogP contribution in [-0.2, 0) is 11.3 Å². The zero-order valence-electron chi connectivity index (χ0n) is 15.3. The fourth-order valence-electron chi connectivity index (χ4n) is 3.43. The topological polar surface area (TPSA) is 59.0 Å². The third-order valence-corrected chi connectivity index (χ3v) is 4.94. The Kier molecular flexibility index (Phi) is 5.53. The molecule has 1 aliphatic heterocycles. The second-order valence-corrected chi connectivity index (χ2v) is 7.11. The minimum atomic E-state index is 0.0348. The van der Waals surface area contributed by atoms with E-state index in [9.17, 15) is 4.79 Å². The molecule has 1 aromatic heterocycles. The molecule has 2 heterocycles. The number of hydrogen-bond acceptors (Lipinski definition) is 3. The fraction of sp³-hybridized carbons (Fsp3) is 0.500. The van der Waals surface area contributed by atoms with E-state index in [-0.39, 0.29) is 17.9 Å². The van der Waals surface area contributed by atoms with Gasteiger partial charge in [0.1, 0.15) is 5.82 Å². The van der Waals surface area contributed by atoms with Gasteiger partial charge < -0.3 is 10.6 Å². The summed E-state index contributed by atoms with van der Waals surface area (Å²) in [6.07, 6.45) is 1.87. The van der Waals surface area contributed by atoms with Gasteiger partial charge in [0.15, 0.2) is 0 Å². The van der Waals surface area contributed by atoms with Gasteiger partial charge in [-0.15, -0.1) is 0 Å². The van der Waals surface area contributed by atoms with Crippen LogP contribution in [0.1, 0.15) is 50.8 Å². The summed E-state index contributed by atoms with van der Waals surface area (Å²) in [6, 6.07) is 12.5. The van der Waals surface area contributed by atoms with Gasteiger partial charge in [-0.25, -0.2) is 4.68 Å². The molecule has 25 heavy (non-hydrogen) atoms. The van der Waals surface area contributed by atoms with E-state index in [0.29, 0.717) is 12.5 Å². The van der Waals surface area contributed by atoms with Gasteiger partial charge in [-0.05, 0) is 30.9 Å². The molecule has 5 heteroatoms. The van der Waals surface area contributed by atoms with Crippen molar-refractivity contribution in [1.82, 2.24) is 15.1 Å². The molecule has 2 aromatic rings. The Labute approximate surface area is 149 Å². The average Bonchev–Trinajstić information content (AvgIpc) is 3.23. The number of carbonyl (C=O) groups excluding carboxylic acids is 1. The minimum Gasteiger partial charge on any atom is -0.313 e. The molecular formula is C20H28N4O. The molecule has 134 valence electrons. The quantitative estimate of drug-likeness (QED) is 0.847. The Morgan fingerprint density at radius 1 is 1.36 bits per heavy atom. The Hall–Kier alpha value is -2.14. The highest BCUT2D eigenvalue weighted by molar-refractivity contribution is 5.92. The van der Waals surface area contributed by atoms with Crippen molar-refractivity contribution >= 4 is 11.7 Å². The van der Waals surface area contributed by atoms with Crippen molar-refractivity contribution in [2.75, 3.05) is 11.9 Å². The lowest BCUT2D eigenvalue weighted by atomic mass is 9.98. The number of nitrogens with zero attached hydrogens (tertiary/aromatic N) is 2. The molecule has 1 amide bonds. The molecule has 0 spiro atoms. The standard InChI is InChI=1S/C20H28N4O/c1-4-17-16(10-11-21-17)20(25)22-19-12-18(14(2)3)23-24(19)13-15-8-6-5-7-9-15/h5-9,12,14,16-17,21H,4,10-11,13H2,1-3H3,(H,22,25). The molecule has 0 bridgehead atoms. The molecule has 3 rings (SSSR count). The number of carbonyl (C=O) groups is 1. The van der Waals surface area contributed by atoms with Gasteiger partial charge in [0.05, 0.1) is 18.2 Å². The first kappa shape index (κ1) is 17.7. The lowest BCUT2D eigenvalue weighted by Crippen LogP contribution is -2.34.